The zero-order chi connectivity index (χ0) is 23.5. The van der Waals surface area contributed by atoms with Crippen LogP contribution in [0.1, 0.15) is 50.7 Å². The predicted molar refractivity (Wildman–Crippen MR) is 134 cm³/mol. The van der Waals surface area contributed by atoms with Gasteiger partial charge in [-0.05, 0) is 55.0 Å². The lowest BCUT2D eigenvalue weighted by molar-refractivity contribution is 0.0529. The van der Waals surface area contributed by atoms with Gasteiger partial charge in [-0.25, -0.2) is 9.18 Å². The van der Waals surface area contributed by atoms with Gasteiger partial charge in [0.05, 0.1) is 11.5 Å². The Hall–Kier alpha value is -3.03. The van der Waals surface area contributed by atoms with Crippen molar-refractivity contribution in [1.29, 1.82) is 0 Å². The Morgan fingerprint density at radius 1 is 1.03 bits per heavy atom. The number of ether oxygens (including phenoxy) is 1. The molecule has 1 amide bonds. The number of hydrogen-bond donors (Lipinski definition) is 1. The number of hydrogen-bond acceptors (Lipinski definition) is 5. The Labute approximate surface area is 200 Å². The monoisotopic (exact) mass is 481 g/mol. The average Bonchev–Trinajstić information content (AvgIpc) is 3.32. The second-order valence-corrected chi connectivity index (χ2v) is 9.85. The number of carbonyl (C=O) groups excluding carboxylic acids is 2. The summed E-state index contributed by atoms with van der Waals surface area (Å²) in [6, 6.07) is 14.0. The molecular formula is C26H24FNO3S2. The fourth-order valence-corrected chi connectivity index (χ4v) is 6.14. The number of nitrogens with one attached hydrogen (secondary N) is 1. The van der Waals surface area contributed by atoms with Crippen molar-refractivity contribution in [3.05, 3.63) is 75.2 Å². The van der Waals surface area contributed by atoms with Gasteiger partial charge in [-0.1, -0.05) is 43.7 Å². The van der Waals surface area contributed by atoms with Crippen LogP contribution in [0.4, 0.5) is 9.39 Å². The standard InChI is InChI=1S/C26H24FNO3S2/c1-4-8-19-18-9-6-7-10-20(18)33-23(19)24(29)28-25-22(26(30)31-5-2)21(15(3)32-25)16-11-13-17(27)14-12-16/h6-7,9-14H,4-5,8H2,1-3H3,(H,28,29). The third-order valence-electron chi connectivity index (χ3n) is 5.33. The molecule has 0 unspecified atom stereocenters. The van der Waals surface area contributed by atoms with Crippen LogP contribution in [0.2, 0.25) is 0 Å². The lowest BCUT2D eigenvalue weighted by Crippen LogP contribution is -2.15. The molecule has 7 heteroatoms. The minimum atomic E-state index is -0.512. The maximum Gasteiger partial charge on any atom is 0.341 e. The van der Waals surface area contributed by atoms with Crippen molar-refractivity contribution in [1.82, 2.24) is 0 Å². The third-order valence-corrected chi connectivity index (χ3v) is 7.56. The molecule has 0 aliphatic rings. The van der Waals surface area contributed by atoms with E-state index in [0.717, 1.165) is 33.4 Å². The molecule has 2 heterocycles. The maximum absolute atomic E-state index is 13.5. The molecule has 0 saturated carbocycles. The van der Waals surface area contributed by atoms with Gasteiger partial charge in [0, 0.05) is 15.1 Å². The summed E-state index contributed by atoms with van der Waals surface area (Å²) >= 11 is 2.78. The molecule has 33 heavy (non-hydrogen) atoms. The van der Waals surface area contributed by atoms with Crippen LogP contribution in [0.15, 0.2) is 48.5 Å². The topological polar surface area (TPSA) is 55.4 Å². The maximum atomic E-state index is 13.5. The van der Waals surface area contributed by atoms with E-state index in [2.05, 4.69) is 12.2 Å². The summed E-state index contributed by atoms with van der Waals surface area (Å²) in [6.45, 7) is 5.91. The van der Waals surface area contributed by atoms with E-state index < -0.39 is 5.97 Å². The lowest BCUT2D eigenvalue weighted by atomic mass is 10.0. The number of thiophene rings is 2. The van der Waals surface area contributed by atoms with Gasteiger partial charge in [-0.3, -0.25) is 4.79 Å². The van der Waals surface area contributed by atoms with Gasteiger partial charge >= 0.3 is 5.97 Å². The van der Waals surface area contributed by atoms with Gasteiger partial charge in [-0.15, -0.1) is 22.7 Å². The molecule has 4 nitrogen and oxygen atoms in total. The molecule has 0 aliphatic heterocycles. The quantitative estimate of drug-likeness (QED) is 0.279. The van der Waals surface area contributed by atoms with Crippen molar-refractivity contribution < 1.29 is 18.7 Å². The van der Waals surface area contributed by atoms with Gasteiger partial charge in [0.15, 0.2) is 0 Å². The molecule has 4 rings (SSSR count). The number of amides is 1. The van der Waals surface area contributed by atoms with Crippen LogP contribution in [0, 0.1) is 12.7 Å². The van der Waals surface area contributed by atoms with Crippen molar-refractivity contribution in [2.75, 3.05) is 11.9 Å². The molecule has 2 aromatic carbocycles. The molecule has 0 aliphatic carbocycles. The number of rotatable bonds is 7. The SMILES string of the molecule is CCCc1c(C(=O)Nc2sc(C)c(-c3ccc(F)cc3)c2C(=O)OCC)sc2ccccc12. The van der Waals surface area contributed by atoms with E-state index in [0.29, 0.717) is 26.6 Å². The largest absolute Gasteiger partial charge is 0.462 e. The van der Waals surface area contributed by atoms with Crippen molar-refractivity contribution in [2.45, 2.75) is 33.6 Å². The van der Waals surface area contributed by atoms with E-state index in [4.69, 9.17) is 4.74 Å². The van der Waals surface area contributed by atoms with Gasteiger partial charge in [0.1, 0.15) is 16.4 Å². The van der Waals surface area contributed by atoms with Crippen LogP contribution in [-0.2, 0) is 11.2 Å². The fourth-order valence-electron chi connectivity index (χ4n) is 3.94. The molecule has 170 valence electrons. The van der Waals surface area contributed by atoms with Crippen LogP contribution >= 0.6 is 22.7 Å². The number of carbonyl (C=O) groups is 2. The van der Waals surface area contributed by atoms with Crippen molar-refractivity contribution in [2.24, 2.45) is 0 Å². The van der Waals surface area contributed by atoms with E-state index in [1.807, 2.05) is 31.2 Å². The van der Waals surface area contributed by atoms with Crippen molar-refractivity contribution >= 4 is 49.6 Å². The molecule has 0 atom stereocenters. The molecule has 1 N–H and O–H groups in total. The normalized spacial score (nSPS) is 11.0. The van der Waals surface area contributed by atoms with Crippen LogP contribution in [0.3, 0.4) is 0 Å². The van der Waals surface area contributed by atoms with E-state index in [9.17, 15) is 14.0 Å². The van der Waals surface area contributed by atoms with Crippen molar-refractivity contribution in [3.8, 4) is 11.1 Å². The molecule has 2 aromatic heterocycles. The van der Waals surface area contributed by atoms with Gasteiger partial charge in [0.25, 0.3) is 5.91 Å². The lowest BCUT2D eigenvalue weighted by Gasteiger charge is -2.09. The summed E-state index contributed by atoms with van der Waals surface area (Å²) in [6.07, 6.45) is 1.71. The first-order valence-corrected chi connectivity index (χ1v) is 12.5. The summed E-state index contributed by atoms with van der Waals surface area (Å²) in [5.41, 5.74) is 2.68. The van der Waals surface area contributed by atoms with E-state index in [-0.39, 0.29) is 18.3 Å². The average molecular weight is 482 g/mol. The van der Waals surface area contributed by atoms with Crippen LogP contribution < -0.4 is 5.32 Å². The minimum absolute atomic E-state index is 0.209. The van der Waals surface area contributed by atoms with Gasteiger partial charge in [0.2, 0.25) is 0 Å². The fraction of sp³-hybridized carbons (Fsp3) is 0.231. The number of halogens is 1. The second-order valence-electron chi connectivity index (χ2n) is 7.57. The Kier molecular flexibility index (Phi) is 6.91. The number of esters is 1. The van der Waals surface area contributed by atoms with E-state index in [1.165, 1.54) is 34.8 Å². The highest BCUT2D eigenvalue weighted by Crippen LogP contribution is 2.41. The van der Waals surface area contributed by atoms with Crippen LogP contribution in [0.25, 0.3) is 21.2 Å². The predicted octanol–water partition coefficient (Wildman–Crippen LogP) is 7.46. The first kappa shape index (κ1) is 23.1. The summed E-state index contributed by atoms with van der Waals surface area (Å²) < 4.78 is 19.9. The molecule has 4 aromatic rings. The van der Waals surface area contributed by atoms with Crippen LogP contribution in [0.5, 0.6) is 0 Å². The molecule has 0 fully saturated rings. The number of anilines is 1. The van der Waals surface area contributed by atoms with Gasteiger partial charge < -0.3 is 10.1 Å². The molecule has 0 spiro atoms. The Bertz CT molecular complexity index is 1320. The zero-order valence-electron chi connectivity index (χ0n) is 18.7. The Morgan fingerprint density at radius 2 is 1.76 bits per heavy atom. The number of aryl methyl sites for hydroxylation is 2. The second kappa shape index (κ2) is 9.85. The van der Waals surface area contributed by atoms with E-state index in [1.54, 1.807) is 19.1 Å². The smallest absolute Gasteiger partial charge is 0.341 e. The van der Waals surface area contributed by atoms with E-state index >= 15 is 0 Å². The van der Waals surface area contributed by atoms with Crippen molar-refractivity contribution in [3.63, 3.8) is 0 Å². The summed E-state index contributed by atoms with van der Waals surface area (Å²) in [7, 11) is 0. The highest BCUT2D eigenvalue weighted by Gasteiger charge is 2.27. The molecule has 0 saturated heterocycles. The number of fused-ring (bicyclic) bond motifs is 1. The zero-order valence-corrected chi connectivity index (χ0v) is 20.3. The summed E-state index contributed by atoms with van der Waals surface area (Å²) in [4.78, 5) is 27.8. The summed E-state index contributed by atoms with van der Waals surface area (Å²) in [5, 5.41) is 4.52. The molecule has 0 bridgehead atoms. The third kappa shape index (κ3) is 4.56. The Balaban J connectivity index is 1.78. The first-order valence-electron chi connectivity index (χ1n) is 10.8. The highest BCUT2D eigenvalue weighted by molar-refractivity contribution is 7.21. The van der Waals surface area contributed by atoms with Gasteiger partial charge in [-0.2, -0.15) is 0 Å². The molecule has 0 radical (unpaired) electrons. The molecular weight excluding hydrogens is 457 g/mol. The summed E-state index contributed by atoms with van der Waals surface area (Å²) in [5.74, 6) is -1.11. The Morgan fingerprint density at radius 3 is 2.45 bits per heavy atom. The highest BCUT2D eigenvalue weighted by atomic mass is 32.1. The first-order chi connectivity index (χ1) is 15.9. The number of benzene rings is 2. The minimum Gasteiger partial charge on any atom is -0.462 e. The van der Waals surface area contributed by atoms with Crippen LogP contribution in [-0.4, -0.2) is 18.5 Å².